The minimum absolute atomic E-state index is 0.812. The molecule has 1 heterocycles. The van der Waals surface area contributed by atoms with Gasteiger partial charge in [-0.1, -0.05) is 33.6 Å². The number of nitrogens with one attached hydrogen (secondary N) is 1. The van der Waals surface area contributed by atoms with Crippen LogP contribution in [0.15, 0.2) is 0 Å². The van der Waals surface area contributed by atoms with Crippen LogP contribution >= 0.6 is 0 Å². The normalized spacial score (nSPS) is 25.3. The molecule has 1 N–H and O–H groups in total. The number of rotatable bonds is 4. The fourth-order valence-corrected chi connectivity index (χ4v) is 2.26. The molecule has 84 valence electrons. The summed E-state index contributed by atoms with van der Waals surface area (Å²) in [6.07, 6.45) is 2.66. The zero-order valence-electron chi connectivity index (χ0n) is 10.1. The Labute approximate surface area is 89.1 Å². The Morgan fingerprint density at radius 3 is 2.71 bits per heavy atom. The van der Waals surface area contributed by atoms with Crippen molar-refractivity contribution in [3.05, 3.63) is 0 Å². The Hall–Kier alpha value is -0.0800. The minimum Gasteiger partial charge on any atom is -0.315 e. The predicted molar refractivity (Wildman–Crippen MR) is 62.5 cm³/mol. The van der Waals surface area contributed by atoms with Crippen molar-refractivity contribution in [2.24, 2.45) is 11.8 Å². The smallest absolute Gasteiger partial charge is 0.0107 e. The van der Waals surface area contributed by atoms with Crippen molar-refractivity contribution in [3.63, 3.8) is 0 Å². The molecule has 0 saturated carbocycles. The van der Waals surface area contributed by atoms with E-state index in [1.807, 2.05) is 0 Å². The van der Waals surface area contributed by atoms with Crippen molar-refractivity contribution < 1.29 is 0 Å². The van der Waals surface area contributed by atoms with E-state index in [0.29, 0.717) is 0 Å². The van der Waals surface area contributed by atoms with Gasteiger partial charge >= 0.3 is 0 Å². The molecule has 0 aromatic carbocycles. The first-order chi connectivity index (χ1) is 6.76. The maximum absolute atomic E-state index is 3.49. The summed E-state index contributed by atoms with van der Waals surface area (Å²) in [5, 5.41) is 3.49. The van der Waals surface area contributed by atoms with Crippen LogP contribution in [0.5, 0.6) is 0 Å². The van der Waals surface area contributed by atoms with Crippen LogP contribution in [0.1, 0.15) is 33.6 Å². The third kappa shape index (κ3) is 3.97. The van der Waals surface area contributed by atoms with Gasteiger partial charge in [-0.05, 0) is 18.4 Å². The molecule has 0 aliphatic carbocycles. The highest BCUT2D eigenvalue weighted by atomic mass is 15.2. The molecule has 0 bridgehead atoms. The van der Waals surface area contributed by atoms with E-state index in [1.165, 1.54) is 45.6 Å². The lowest BCUT2D eigenvalue weighted by molar-refractivity contribution is 0.218. The lowest BCUT2D eigenvalue weighted by Gasteiger charge is -2.26. The molecule has 1 fully saturated rings. The summed E-state index contributed by atoms with van der Waals surface area (Å²) in [6.45, 7) is 13.2. The van der Waals surface area contributed by atoms with E-state index >= 15 is 0 Å². The van der Waals surface area contributed by atoms with Crippen LogP contribution in [0, 0.1) is 11.8 Å². The molecule has 1 saturated heterocycles. The standard InChI is InChI=1S/C12H26N2/c1-4-12(5-2)10-14-7-6-13-8-11(3)9-14/h11-13H,4-10H2,1-3H3. The third-order valence-electron chi connectivity index (χ3n) is 3.34. The second-order valence-corrected chi connectivity index (χ2v) is 4.75. The number of hydrogen-bond donors (Lipinski definition) is 1. The summed E-state index contributed by atoms with van der Waals surface area (Å²) in [7, 11) is 0. The molecule has 1 aliphatic rings. The zero-order valence-corrected chi connectivity index (χ0v) is 10.1. The topological polar surface area (TPSA) is 15.3 Å². The van der Waals surface area contributed by atoms with Crippen LogP contribution in [0.25, 0.3) is 0 Å². The number of hydrogen-bond acceptors (Lipinski definition) is 2. The van der Waals surface area contributed by atoms with E-state index < -0.39 is 0 Å². The van der Waals surface area contributed by atoms with E-state index in [9.17, 15) is 0 Å². The largest absolute Gasteiger partial charge is 0.315 e. The molecular formula is C12H26N2. The van der Waals surface area contributed by atoms with Crippen molar-refractivity contribution in [2.45, 2.75) is 33.6 Å². The lowest BCUT2D eigenvalue weighted by Crippen LogP contribution is -2.33. The summed E-state index contributed by atoms with van der Waals surface area (Å²) < 4.78 is 0. The first-order valence-corrected chi connectivity index (χ1v) is 6.19. The quantitative estimate of drug-likeness (QED) is 0.743. The second-order valence-electron chi connectivity index (χ2n) is 4.75. The SMILES string of the molecule is CCC(CC)CN1CCNCC(C)C1. The Bertz CT molecular complexity index is 143. The number of nitrogens with zero attached hydrogens (tertiary/aromatic N) is 1. The molecule has 1 rings (SSSR count). The fourth-order valence-electron chi connectivity index (χ4n) is 2.26. The monoisotopic (exact) mass is 198 g/mol. The average molecular weight is 198 g/mol. The molecule has 0 amide bonds. The van der Waals surface area contributed by atoms with Gasteiger partial charge in [-0.15, -0.1) is 0 Å². The van der Waals surface area contributed by atoms with Gasteiger partial charge in [0.25, 0.3) is 0 Å². The van der Waals surface area contributed by atoms with Crippen LogP contribution in [-0.4, -0.2) is 37.6 Å². The van der Waals surface area contributed by atoms with Crippen LogP contribution < -0.4 is 5.32 Å². The Balaban J connectivity index is 2.33. The fraction of sp³-hybridized carbons (Fsp3) is 1.00. The molecular weight excluding hydrogens is 172 g/mol. The van der Waals surface area contributed by atoms with E-state index in [2.05, 4.69) is 31.0 Å². The van der Waals surface area contributed by atoms with Crippen LogP contribution in [0.3, 0.4) is 0 Å². The van der Waals surface area contributed by atoms with Gasteiger partial charge in [-0.25, -0.2) is 0 Å². The molecule has 0 spiro atoms. The third-order valence-corrected chi connectivity index (χ3v) is 3.34. The summed E-state index contributed by atoms with van der Waals surface area (Å²) >= 11 is 0. The maximum Gasteiger partial charge on any atom is 0.0107 e. The van der Waals surface area contributed by atoms with Gasteiger partial charge in [-0.3, -0.25) is 0 Å². The predicted octanol–water partition coefficient (Wildman–Crippen LogP) is 1.96. The summed E-state index contributed by atoms with van der Waals surface area (Å²) in [5.41, 5.74) is 0. The van der Waals surface area contributed by atoms with Crippen molar-refractivity contribution in [3.8, 4) is 0 Å². The zero-order chi connectivity index (χ0) is 10.4. The van der Waals surface area contributed by atoms with Gasteiger partial charge in [-0.2, -0.15) is 0 Å². The van der Waals surface area contributed by atoms with Crippen molar-refractivity contribution in [1.29, 1.82) is 0 Å². The average Bonchev–Trinajstić information content (AvgIpc) is 2.39. The highest BCUT2D eigenvalue weighted by Gasteiger charge is 2.16. The molecule has 2 nitrogen and oxygen atoms in total. The van der Waals surface area contributed by atoms with Gasteiger partial charge < -0.3 is 10.2 Å². The van der Waals surface area contributed by atoms with Crippen LogP contribution in [-0.2, 0) is 0 Å². The molecule has 0 aromatic rings. The molecule has 2 heteroatoms. The summed E-state index contributed by atoms with van der Waals surface area (Å²) in [4.78, 5) is 2.64. The van der Waals surface area contributed by atoms with E-state index in [4.69, 9.17) is 0 Å². The molecule has 0 aromatic heterocycles. The minimum atomic E-state index is 0.812. The maximum atomic E-state index is 3.49. The Morgan fingerprint density at radius 2 is 2.07 bits per heavy atom. The second kappa shape index (κ2) is 6.41. The Kier molecular flexibility index (Phi) is 5.49. The van der Waals surface area contributed by atoms with Crippen LogP contribution in [0.2, 0.25) is 0 Å². The highest BCUT2D eigenvalue weighted by molar-refractivity contribution is 4.72. The van der Waals surface area contributed by atoms with Crippen molar-refractivity contribution in [1.82, 2.24) is 10.2 Å². The summed E-state index contributed by atoms with van der Waals surface area (Å²) in [6, 6.07) is 0. The van der Waals surface area contributed by atoms with Crippen molar-refractivity contribution >= 4 is 0 Å². The first kappa shape index (κ1) is 12.0. The van der Waals surface area contributed by atoms with Gasteiger partial charge in [0.15, 0.2) is 0 Å². The van der Waals surface area contributed by atoms with E-state index in [0.717, 1.165) is 11.8 Å². The Morgan fingerprint density at radius 1 is 1.36 bits per heavy atom. The molecule has 1 atom stereocenters. The van der Waals surface area contributed by atoms with Gasteiger partial charge in [0, 0.05) is 26.2 Å². The molecule has 1 unspecified atom stereocenters. The lowest BCUT2D eigenvalue weighted by atomic mass is 10.0. The van der Waals surface area contributed by atoms with Crippen LogP contribution in [0.4, 0.5) is 0 Å². The molecule has 0 radical (unpaired) electrons. The van der Waals surface area contributed by atoms with E-state index in [1.54, 1.807) is 0 Å². The molecule has 1 aliphatic heterocycles. The van der Waals surface area contributed by atoms with Gasteiger partial charge in [0.2, 0.25) is 0 Å². The van der Waals surface area contributed by atoms with Gasteiger partial charge in [0.1, 0.15) is 0 Å². The highest BCUT2D eigenvalue weighted by Crippen LogP contribution is 2.12. The molecule has 14 heavy (non-hydrogen) atoms. The van der Waals surface area contributed by atoms with Gasteiger partial charge in [0.05, 0.1) is 0 Å². The first-order valence-electron chi connectivity index (χ1n) is 6.19. The van der Waals surface area contributed by atoms with E-state index in [-0.39, 0.29) is 0 Å². The van der Waals surface area contributed by atoms with Crippen molar-refractivity contribution in [2.75, 3.05) is 32.7 Å². The summed E-state index contributed by atoms with van der Waals surface area (Å²) in [5.74, 6) is 1.71.